The number of fused-ring (bicyclic) bond motifs is 1. The number of carbonyl (C=O) groups is 1. The molecule has 21 heavy (non-hydrogen) atoms. The van der Waals surface area contributed by atoms with Gasteiger partial charge < -0.3 is 4.74 Å². The maximum absolute atomic E-state index is 11.7. The summed E-state index contributed by atoms with van der Waals surface area (Å²) in [5.74, 6) is 1.55. The van der Waals surface area contributed by atoms with E-state index in [9.17, 15) is 4.79 Å². The average Bonchev–Trinajstić information content (AvgIpc) is 2.79. The van der Waals surface area contributed by atoms with Gasteiger partial charge in [-0.05, 0) is 49.4 Å². The number of nitrogens with one attached hydrogen (secondary N) is 1. The number of allylic oxidation sites excluding steroid dienone is 2. The molecule has 2 atom stereocenters. The molecule has 3 rings (SSSR count). The topological polar surface area (TPSA) is 50.7 Å². The van der Waals surface area contributed by atoms with Gasteiger partial charge in [-0.15, -0.1) is 0 Å². The summed E-state index contributed by atoms with van der Waals surface area (Å²) >= 11 is 5.87. The molecule has 0 radical (unpaired) electrons. The van der Waals surface area contributed by atoms with E-state index in [4.69, 9.17) is 16.3 Å². The summed E-state index contributed by atoms with van der Waals surface area (Å²) in [5.41, 5.74) is 4.56. The standard InChI is InChI=1S/C16H17ClN2O2/c1-10-7-12(17)5-6-15(10)21-9-16(20)19-18-14-8-11-3-2-4-13(11)14/h2-3,5-7,11,13H,4,8-9H2,1H3,(H,19,20)/t11-,13-/m0/s1. The van der Waals surface area contributed by atoms with Crippen molar-refractivity contribution < 1.29 is 9.53 Å². The van der Waals surface area contributed by atoms with Crippen molar-refractivity contribution in [1.82, 2.24) is 5.43 Å². The third-order valence-electron chi connectivity index (χ3n) is 3.98. The summed E-state index contributed by atoms with van der Waals surface area (Å²) in [6, 6.07) is 5.30. The lowest BCUT2D eigenvalue weighted by Crippen LogP contribution is -2.36. The van der Waals surface area contributed by atoms with Crippen molar-refractivity contribution in [2.24, 2.45) is 16.9 Å². The number of amides is 1. The van der Waals surface area contributed by atoms with Crippen LogP contribution in [0.25, 0.3) is 0 Å². The first-order valence-electron chi connectivity index (χ1n) is 7.04. The summed E-state index contributed by atoms with van der Waals surface area (Å²) < 4.78 is 5.47. The highest BCUT2D eigenvalue weighted by atomic mass is 35.5. The van der Waals surface area contributed by atoms with Crippen molar-refractivity contribution in [3.63, 3.8) is 0 Å². The number of ether oxygens (including phenoxy) is 1. The van der Waals surface area contributed by atoms with E-state index in [1.807, 2.05) is 6.92 Å². The predicted octanol–water partition coefficient (Wildman–Crippen LogP) is 3.10. The molecule has 1 aromatic carbocycles. The van der Waals surface area contributed by atoms with Crippen molar-refractivity contribution in [2.75, 3.05) is 6.61 Å². The number of hydrogen-bond donors (Lipinski definition) is 1. The number of benzene rings is 1. The molecule has 110 valence electrons. The molecule has 0 aromatic heterocycles. The zero-order chi connectivity index (χ0) is 14.8. The molecule has 2 aliphatic carbocycles. The maximum Gasteiger partial charge on any atom is 0.277 e. The fourth-order valence-electron chi connectivity index (χ4n) is 2.75. The largest absolute Gasteiger partial charge is 0.483 e. The first-order chi connectivity index (χ1) is 10.1. The van der Waals surface area contributed by atoms with Crippen LogP contribution in [0.5, 0.6) is 5.75 Å². The zero-order valence-corrected chi connectivity index (χ0v) is 12.6. The molecule has 0 heterocycles. The van der Waals surface area contributed by atoms with Gasteiger partial charge >= 0.3 is 0 Å². The van der Waals surface area contributed by atoms with E-state index in [2.05, 4.69) is 22.7 Å². The Labute approximate surface area is 128 Å². The minimum absolute atomic E-state index is 0.0500. The molecule has 5 heteroatoms. The first kappa shape index (κ1) is 14.1. The average molecular weight is 305 g/mol. The van der Waals surface area contributed by atoms with Gasteiger partial charge in [0.15, 0.2) is 6.61 Å². The van der Waals surface area contributed by atoms with Gasteiger partial charge in [-0.25, -0.2) is 5.43 Å². The van der Waals surface area contributed by atoms with Crippen molar-refractivity contribution >= 4 is 23.2 Å². The third-order valence-corrected chi connectivity index (χ3v) is 4.22. The lowest BCUT2D eigenvalue weighted by Gasteiger charge is -2.31. The van der Waals surface area contributed by atoms with Crippen LogP contribution in [-0.4, -0.2) is 18.2 Å². The Kier molecular flexibility index (Phi) is 3.97. The normalized spacial score (nSPS) is 24.6. The number of aryl methyl sites for hydroxylation is 1. The molecule has 1 fully saturated rings. The molecule has 0 unspecified atom stereocenters. The van der Waals surface area contributed by atoms with Crippen LogP contribution in [0.4, 0.5) is 0 Å². The van der Waals surface area contributed by atoms with E-state index in [1.54, 1.807) is 18.2 Å². The van der Waals surface area contributed by atoms with Crippen LogP contribution in [0, 0.1) is 18.8 Å². The summed E-state index contributed by atoms with van der Waals surface area (Å²) in [6.07, 6.45) is 6.42. The number of halogens is 1. The summed E-state index contributed by atoms with van der Waals surface area (Å²) in [5, 5.41) is 4.85. The monoisotopic (exact) mass is 304 g/mol. The Bertz CT molecular complexity index is 625. The minimum atomic E-state index is -0.244. The van der Waals surface area contributed by atoms with Gasteiger partial charge in [0.05, 0.1) is 0 Å². The first-order valence-corrected chi connectivity index (χ1v) is 7.42. The number of carbonyl (C=O) groups excluding carboxylic acids is 1. The van der Waals surface area contributed by atoms with E-state index in [0.29, 0.717) is 22.6 Å². The molecule has 0 bridgehead atoms. The second-order valence-electron chi connectivity index (χ2n) is 5.47. The highest BCUT2D eigenvalue weighted by molar-refractivity contribution is 6.30. The lowest BCUT2D eigenvalue weighted by molar-refractivity contribution is -0.123. The molecule has 2 aliphatic rings. The maximum atomic E-state index is 11.7. The van der Waals surface area contributed by atoms with Gasteiger partial charge in [0.2, 0.25) is 0 Å². The Hall–Kier alpha value is -1.81. The molecular formula is C16H17ClN2O2. The number of hydrazone groups is 1. The number of rotatable bonds is 4. The molecule has 1 N–H and O–H groups in total. The van der Waals surface area contributed by atoms with Gasteiger partial charge in [0, 0.05) is 16.7 Å². The van der Waals surface area contributed by atoms with E-state index in [-0.39, 0.29) is 12.5 Å². The van der Waals surface area contributed by atoms with Crippen molar-refractivity contribution in [1.29, 1.82) is 0 Å². The summed E-state index contributed by atoms with van der Waals surface area (Å²) in [4.78, 5) is 11.7. The predicted molar refractivity (Wildman–Crippen MR) is 82.6 cm³/mol. The second-order valence-corrected chi connectivity index (χ2v) is 5.91. The van der Waals surface area contributed by atoms with Crippen LogP contribution in [0.1, 0.15) is 18.4 Å². The number of nitrogens with zero attached hydrogens (tertiary/aromatic N) is 1. The van der Waals surface area contributed by atoms with Gasteiger partial charge in [-0.1, -0.05) is 23.8 Å². The zero-order valence-electron chi connectivity index (χ0n) is 11.8. The summed E-state index contributed by atoms with van der Waals surface area (Å²) in [6.45, 7) is 1.84. The van der Waals surface area contributed by atoms with Gasteiger partial charge in [-0.3, -0.25) is 4.79 Å². The molecule has 1 saturated carbocycles. The molecule has 0 saturated heterocycles. The van der Waals surface area contributed by atoms with Crippen LogP contribution >= 0.6 is 11.6 Å². The molecule has 0 aliphatic heterocycles. The molecule has 1 aromatic rings. The molecular weight excluding hydrogens is 288 g/mol. The van der Waals surface area contributed by atoms with Crippen LogP contribution in [0.15, 0.2) is 35.5 Å². The fourth-order valence-corrected chi connectivity index (χ4v) is 2.97. The van der Waals surface area contributed by atoms with Crippen molar-refractivity contribution in [3.05, 3.63) is 40.9 Å². The molecule has 0 spiro atoms. The van der Waals surface area contributed by atoms with Crippen molar-refractivity contribution in [2.45, 2.75) is 19.8 Å². The van der Waals surface area contributed by atoms with Crippen LogP contribution in [-0.2, 0) is 4.79 Å². The molecule has 1 amide bonds. The van der Waals surface area contributed by atoms with Crippen LogP contribution < -0.4 is 10.2 Å². The van der Waals surface area contributed by atoms with Crippen LogP contribution in [0.3, 0.4) is 0 Å². The van der Waals surface area contributed by atoms with Crippen molar-refractivity contribution in [3.8, 4) is 5.75 Å². The fraction of sp³-hybridized carbons (Fsp3) is 0.375. The Morgan fingerprint density at radius 1 is 1.52 bits per heavy atom. The van der Waals surface area contributed by atoms with Gasteiger partial charge in [0.1, 0.15) is 5.75 Å². The highest BCUT2D eigenvalue weighted by Crippen LogP contribution is 2.40. The molecule has 4 nitrogen and oxygen atoms in total. The smallest absolute Gasteiger partial charge is 0.277 e. The lowest BCUT2D eigenvalue weighted by atomic mass is 9.74. The Balaban J connectivity index is 1.47. The Morgan fingerprint density at radius 3 is 3.14 bits per heavy atom. The Morgan fingerprint density at radius 2 is 2.38 bits per heavy atom. The quantitative estimate of drug-likeness (QED) is 0.686. The van der Waals surface area contributed by atoms with Crippen LogP contribution in [0.2, 0.25) is 5.02 Å². The van der Waals surface area contributed by atoms with E-state index >= 15 is 0 Å². The minimum Gasteiger partial charge on any atom is -0.483 e. The van der Waals surface area contributed by atoms with E-state index in [0.717, 1.165) is 24.1 Å². The second kappa shape index (κ2) is 5.90. The summed E-state index contributed by atoms with van der Waals surface area (Å²) in [7, 11) is 0. The van der Waals surface area contributed by atoms with Gasteiger partial charge in [-0.2, -0.15) is 5.10 Å². The van der Waals surface area contributed by atoms with E-state index in [1.165, 1.54) is 0 Å². The highest BCUT2D eigenvalue weighted by Gasteiger charge is 2.37. The SMILES string of the molecule is Cc1cc(Cl)ccc1OCC(=O)NN=C1C[C@@H]2C=CC[C@H]12. The third kappa shape index (κ3) is 3.10. The van der Waals surface area contributed by atoms with E-state index < -0.39 is 0 Å². The van der Waals surface area contributed by atoms with Gasteiger partial charge in [0.25, 0.3) is 5.91 Å². The number of hydrogen-bond acceptors (Lipinski definition) is 3.